The molecule has 19 heavy (non-hydrogen) atoms. The van der Waals surface area contributed by atoms with E-state index in [9.17, 15) is 4.39 Å². The first-order valence-corrected chi connectivity index (χ1v) is 8.03. The van der Waals surface area contributed by atoms with Crippen molar-refractivity contribution in [1.29, 1.82) is 0 Å². The van der Waals surface area contributed by atoms with Crippen LogP contribution in [0.3, 0.4) is 0 Å². The summed E-state index contributed by atoms with van der Waals surface area (Å²) in [6.07, 6.45) is 5.01. The Morgan fingerprint density at radius 2 is 2.05 bits per heavy atom. The molecule has 2 atom stereocenters. The molecule has 1 aromatic rings. The molecule has 0 bridgehead atoms. The van der Waals surface area contributed by atoms with Crippen molar-refractivity contribution < 1.29 is 4.39 Å². The van der Waals surface area contributed by atoms with E-state index in [2.05, 4.69) is 35.1 Å². The second-order valence-corrected chi connectivity index (χ2v) is 6.81. The minimum absolute atomic E-state index is 0.167. The summed E-state index contributed by atoms with van der Waals surface area (Å²) < 4.78 is 14.0. The van der Waals surface area contributed by atoms with Crippen molar-refractivity contribution in [2.24, 2.45) is 11.8 Å². The molecule has 0 amide bonds. The minimum Gasteiger partial charge on any atom is -0.314 e. The van der Waals surface area contributed by atoms with Crippen LogP contribution in [0.5, 0.6) is 0 Å². The van der Waals surface area contributed by atoms with Crippen LogP contribution >= 0.6 is 15.9 Å². The van der Waals surface area contributed by atoms with E-state index in [4.69, 9.17) is 0 Å². The van der Waals surface area contributed by atoms with Crippen molar-refractivity contribution in [2.45, 2.75) is 45.6 Å². The molecule has 1 aliphatic rings. The summed E-state index contributed by atoms with van der Waals surface area (Å²) in [5.74, 6) is 1.33. The van der Waals surface area contributed by atoms with Crippen LogP contribution in [0, 0.1) is 17.7 Å². The van der Waals surface area contributed by atoms with E-state index in [1.807, 2.05) is 6.07 Å². The van der Waals surface area contributed by atoms with Crippen LogP contribution in [0.1, 0.15) is 38.7 Å². The lowest BCUT2D eigenvalue weighted by Crippen LogP contribution is -2.31. The van der Waals surface area contributed by atoms with Gasteiger partial charge in [-0.15, -0.1) is 0 Å². The van der Waals surface area contributed by atoms with E-state index in [1.54, 1.807) is 12.1 Å². The van der Waals surface area contributed by atoms with Gasteiger partial charge in [0.2, 0.25) is 0 Å². The number of hydrogen-bond acceptors (Lipinski definition) is 1. The van der Waals surface area contributed by atoms with Crippen LogP contribution in [-0.2, 0) is 6.42 Å². The second-order valence-electron chi connectivity index (χ2n) is 5.95. The number of hydrogen-bond donors (Lipinski definition) is 1. The van der Waals surface area contributed by atoms with Gasteiger partial charge in [0.05, 0.1) is 0 Å². The molecule has 0 radical (unpaired) electrons. The monoisotopic (exact) mass is 327 g/mol. The molecule has 0 spiro atoms. The fraction of sp³-hybridized carbons (Fsp3) is 0.625. The zero-order chi connectivity index (χ0) is 13.8. The number of benzene rings is 1. The standard InChI is InChI=1S/C16H23BrFN/c1-11(2)19-10-14-5-3-4-12(14)8-13-6-7-15(18)9-16(13)17/h6-7,9,11-12,14,19H,3-5,8,10H2,1-2H3. The van der Waals surface area contributed by atoms with Crippen molar-refractivity contribution in [3.63, 3.8) is 0 Å². The van der Waals surface area contributed by atoms with Crippen molar-refractivity contribution in [1.82, 2.24) is 5.32 Å². The number of halogens is 2. The van der Waals surface area contributed by atoms with Gasteiger partial charge in [-0.25, -0.2) is 4.39 Å². The smallest absolute Gasteiger partial charge is 0.124 e. The number of rotatable bonds is 5. The first kappa shape index (κ1) is 15.0. The van der Waals surface area contributed by atoms with E-state index < -0.39 is 0 Å². The van der Waals surface area contributed by atoms with E-state index in [0.717, 1.165) is 29.3 Å². The van der Waals surface area contributed by atoms with Gasteiger partial charge in [-0.3, -0.25) is 0 Å². The van der Waals surface area contributed by atoms with E-state index in [1.165, 1.54) is 24.8 Å². The average molecular weight is 328 g/mol. The van der Waals surface area contributed by atoms with Crippen LogP contribution < -0.4 is 5.32 Å². The molecule has 0 aromatic heterocycles. The Morgan fingerprint density at radius 1 is 1.32 bits per heavy atom. The highest BCUT2D eigenvalue weighted by Gasteiger charge is 2.27. The summed E-state index contributed by atoms with van der Waals surface area (Å²) in [6, 6.07) is 5.62. The minimum atomic E-state index is -0.167. The Bertz CT molecular complexity index is 419. The Kier molecular flexibility index (Phi) is 5.40. The van der Waals surface area contributed by atoms with Gasteiger partial charge in [0.1, 0.15) is 5.82 Å². The maximum absolute atomic E-state index is 13.1. The van der Waals surface area contributed by atoms with Gasteiger partial charge >= 0.3 is 0 Å². The van der Waals surface area contributed by atoms with E-state index >= 15 is 0 Å². The van der Waals surface area contributed by atoms with Crippen LogP contribution in [-0.4, -0.2) is 12.6 Å². The first-order valence-electron chi connectivity index (χ1n) is 7.23. The zero-order valence-electron chi connectivity index (χ0n) is 11.8. The fourth-order valence-electron chi connectivity index (χ4n) is 3.01. The molecule has 1 N–H and O–H groups in total. The Balaban J connectivity index is 1.97. The molecule has 2 unspecified atom stereocenters. The molecule has 1 fully saturated rings. The molecule has 1 saturated carbocycles. The summed E-state index contributed by atoms with van der Waals surface area (Å²) in [5.41, 5.74) is 1.24. The molecule has 106 valence electrons. The van der Waals surface area contributed by atoms with Gasteiger partial charge in [-0.05, 0) is 55.3 Å². The Hall–Kier alpha value is -0.410. The largest absolute Gasteiger partial charge is 0.314 e. The summed E-state index contributed by atoms with van der Waals surface area (Å²) in [7, 11) is 0. The summed E-state index contributed by atoms with van der Waals surface area (Å²) in [5, 5.41) is 3.56. The molecular formula is C16H23BrFN. The summed E-state index contributed by atoms with van der Waals surface area (Å²) in [4.78, 5) is 0. The van der Waals surface area contributed by atoms with Crippen molar-refractivity contribution in [2.75, 3.05) is 6.54 Å². The molecule has 1 aromatic carbocycles. The lowest BCUT2D eigenvalue weighted by atomic mass is 9.89. The topological polar surface area (TPSA) is 12.0 Å². The SMILES string of the molecule is CC(C)NCC1CCCC1Cc1ccc(F)cc1Br. The van der Waals surface area contributed by atoms with Crippen LogP contribution in [0.4, 0.5) is 4.39 Å². The Labute approximate surface area is 124 Å². The van der Waals surface area contributed by atoms with Crippen molar-refractivity contribution in [3.8, 4) is 0 Å². The third kappa shape index (κ3) is 4.28. The number of nitrogens with one attached hydrogen (secondary N) is 1. The fourth-order valence-corrected chi connectivity index (χ4v) is 3.52. The van der Waals surface area contributed by atoms with Gasteiger partial charge < -0.3 is 5.32 Å². The molecule has 3 heteroatoms. The molecule has 0 saturated heterocycles. The highest BCUT2D eigenvalue weighted by atomic mass is 79.9. The maximum Gasteiger partial charge on any atom is 0.124 e. The predicted molar refractivity (Wildman–Crippen MR) is 81.8 cm³/mol. The van der Waals surface area contributed by atoms with E-state index in [0.29, 0.717) is 6.04 Å². The van der Waals surface area contributed by atoms with Gasteiger partial charge in [0, 0.05) is 10.5 Å². The van der Waals surface area contributed by atoms with Crippen molar-refractivity contribution in [3.05, 3.63) is 34.1 Å². The van der Waals surface area contributed by atoms with Crippen molar-refractivity contribution >= 4 is 15.9 Å². The molecule has 0 heterocycles. The van der Waals surface area contributed by atoms with Gasteiger partial charge in [-0.2, -0.15) is 0 Å². The zero-order valence-corrected chi connectivity index (χ0v) is 13.3. The van der Waals surface area contributed by atoms with Gasteiger partial charge in [0.15, 0.2) is 0 Å². The lowest BCUT2D eigenvalue weighted by molar-refractivity contribution is 0.353. The van der Waals surface area contributed by atoms with Crippen LogP contribution in [0.15, 0.2) is 22.7 Å². The lowest BCUT2D eigenvalue weighted by Gasteiger charge is -2.22. The van der Waals surface area contributed by atoms with Crippen LogP contribution in [0.25, 0.3) is 0 Å². The van der Waals surface area contributed by atoms with E-state index in [-0.39, 0.29) is 5.82 Å². The maximum atomic E-state index is 13.1. The average Bonchev–Trinajstić information content (AvgIpc) is 2.77. The van der Waals surface area contributed by atoms with Gasteiger partial charge in [-0.1, -0.05) is 42.3 Å². The molecule has 2 rings (SSSR count). The molecular weight excluding hydrogens is 305 g/mol. The van der Waals surface area contributed by atoms with Gasteiger partial charge in [0.25, 0.3) is 0 Å². The molecule has 1 nitrogen and oxygen atoms in total. The Morgan fingerprint density at radius 3 is 2.74 bits per heavy atom. The van der Waals surface area contributed by atoms with Crippen LogP contribution in [0.2, 0.25) is 0 Å². The first-order chi connectivity index (χ1) is 9.06. The highest BCUT2D eigenvalue weighted by molar-refractivity contribution is 9.10. The summed E-state index contributed by atoms with van der Waals surface area (Å²) in [6.45, 7) is 5.50. The molecule has 0 aliphatic heterocycles. The molecule has 1 aliphatic carbocycles. The third-order valence-electron chi connectivity index (χ3n) is 4.10. The quantitative estimate of drug-likeness (QED) is 0.836. The summed E-state index contributed by atoms with van der Waals surface area (Å²) >= 11 is 3.48. The normalized spacial score (nSPS) is 23.2. The highest BCUT2D eigenvalue weighted by Crippen LogP contribution is 2.35. The predicted octanol–water partition coefficient (Wildman–Crippen LogP) is 4.55. The third-order valence-corrected chi connectivity index (χ3v) is 4.84. The second kappa shape index (κ2) is 6.85.